The Morgan fingerprint density at radius 2 is 2.00 bits per heavy atom. The van der Waals surface area contributed by atoms with Gasteiger partial charge in [-0.3, -0.25) is 9.59 Å². The molecular formula is C12H20N3O2. The van der Waals surface area contributed by atoms with E-state index in [0.29, 0.717) is 18.8 Å². The molecule has 0 fully saturated rings. The van der Waals surface area contributed by atoms with Crippen LogP contribution >= 0.6 is 0 Å². The third kappa shape index (κ3) is 7.34. The molecule has 0 aromatic rings. The van der Waals surface area contributed by atoms with Crippen LogP contribution in [0, 0.1) is 29.6 Å². The largest absolute Gasteiger partial charge is 0.369 e. The van der Waals surface area contributed by atoms with E-state index in [1.54, 1.807) is 6.92 Å². The second-order valence-corrected chi connectivity index (χ2v) is 4.56. The Labute approximate surface area is 102 Å². The Hall–Kier alpha value is -1.57. The lowest BCUT2D eigenvalue weighted by Gasteiger charge is -2.14. The van der Waals surface area contributed by atoms with Crippen LogP contribution < -0.4 is 11.1 Å². The van der Waals surface area contributed by atoms with Crippen molar-refractivity contribution in [3.63, 3.8) is 0 Å². The van der Waals surface area contributed by atoms with Gasteiger partial charge in [0, 0.05) is 5.92 Å². The zero-order valence-corrected chi connectivity index (χ0v) is 10.6. The number of nitrogens with zero attached hydrogens (tertiary/aromatic N) is 1. The number of carbonyl (C=O) groups is 2. The van der Waals surface area contributed by atoms with Crippen LogP contribution in [0.4, 0.5) is 0 Å². The summed E-state index contributed by atoms with van der Waals surface area (Å²) in [4.78, 5) is 22.2. The SMILES string of the molecule is CC(C)CC(C#N)NC(=O)[CH]CC(C)C(N)=O. The molecule has 2 unspecified atom stereocenters. The van der Waals surface area contributed by atoms with E-state index in [1.807, 2.05) is 19.9 Å². The number of nitrogens with two attached hydrogens (primary N) is 1. The lowest BCUT2D eigenvalue weighted by molar-refractivity contribution is -0.121. The lowest BCUT2D eigenvalue weighted by Crippen LogP contribution is -2.35. The fraction of sp³-hybridized carbons (Fsp3) is 0.667. The second-order valence-electron chi connectivity index (χ2n) is 4.56. The molecule has 5 nitrogen and oxygen atoms in total. The van der Waals surface area contributed by atoms with Crippen molar-refractivity contribution < 1.29 is 9.59 Å². The van der Waals surface area contributed by atoms with Crippen molar-refractivity contribution >= 4 is 11.8 Å². The van der Waals surface area contributed by atoms with Crippen LogP contribution in [0.15, 0.2) is 0 Å². The van der Waals surface area contributed by atoms with Gasteiger partial charge in [0.15, 0.2) is 0 Å². The van der Waals surface area contributed by atoms with E-state index in [4.69, 9.17) is 11.0 Å². The first-order valence-corrected chi connectivity index (χ1v) is 5.69. The molecule has 0 heterocycles. The molecule has 0 aliphatic rings. The molecule has 1 radical (unpaired) electrons. The van der Waals surface area contributed by atoms with Crippen LogP contribution in [-0.2, 0) is 9.59 Å². The van der Waals surface area contributed by atoms with Gasteiger partial charge in [-0.15, -0.1) is 0 Å². The molecule has 0 aromatic carbocycles. The first-order valence-electron chi connectivity index (χ1n) is 5.69. The van der Waals surface area contributed by atoms with E-state index >= 15 is 0 Å². The molecule has 2 amide bonds. The number of hydrogen-bond donors (Lipinski definition) is 2. The third-order valence-corrected chi connectivity index (χ3v) is 2.32. The monoisotopic (exact) mass is 238 g/mol. The van der Waals surface area contributed by atoms with Crippen LogP contribution in [-0.4, -0.2) is 17.9 Å². The summed E-state index contributed by atoms with van der Waals surface area (Å²) in [6.07, 6.45) is 2.27. The molecule has 0 aliphatic carbocycles. The number of primary amides is 1. The highest BCUT2D eigenvalue weighted by Gasteiger charge is 2.15. The molecule has 17 heavy (non-hydrogen) atoms. The van der Waals surface area contributed by atoms with Crippen LogP contribution in [0.5, 0.6) is 0 Å². The molecule has 3 N–H and O–H groups in total. The van der Waals surface area contributed by atoms with Gasteiger partial charge in [0.05, 0.1) is 12.5 Å². The molecule has 0 rings (SSSR count). The minimum Gasteiger partial charge on any atom is -0.369 e. The zero-order chi connectivity index (χ0) is 13.4. The summed E-state index contributed by atoms with van der Waals surface area (Å²) < 4.78 is 0. The smallest absolute Gasteiger partial charge is 0.224 e. The maximum absolute atomic E-state index is 11.5. The fourth-order valence-corrected chi connectivity index (χ4v) is 1.25. The molecule has 95 valence electrons. The van der Waals surface area contributed by atoms with Crippen molar-refractivity contribution in [2.45, 2.75) is 39.7 Å². The maximum atomic E-state index is 11.5. The normalized spacial score (nSPS) is 13.8. The van der Waals surface area contributed by atoms with Crippen LogP contribution in [0.1, 0.15) is 33.6 Å². The molecule has 5 heteroatoms. The minimum absolute atomic E-state index is 0.293. The molecule has 2 atom stereocenters. The van der Waals surface area contributed by atoms with Crippen LogP contribution in [0.25, 0.3) is 0 Å². The molecule has 0 spiro atoms. The van der Waals surface area contributed by atoms with E-state index < -0.39 is 11.9 Å². The summed E-state index contributed by atoms with van der Waals surface area (Å²) in [5, 5.41) is 11.4. The highest BCUT2D eigenvalue weighted by molar-refractivity contribution is 5.86. The lowest BCUT2D eigenvalue weighted by atomic mass is 10.0. The Morgan fingerprint density at radius 3 is 2.41 bits per heavy atom. The maximum Gasteiger partial charge on any atom is 0.224 e. The van der Waals surface area contributed by atoms with Gasteiger partial charge < -0.3 is 11.1 Å². The molecule has 0 aromatic heterocycles. The van der Waals surface area contributed by atoms with Crippen LogP contribution in [0.2, 0.25) is 0 Å². The Morgan fingerprint density at radius 1 is 1.41 bits per heavy atom. The Kier molecular flexibility index (Phi) is 6.95. The summed E-state index contributed by atoms with van der Waals surface area (Å²) in [7, 11) is 0. The van der Waals surface area contributed by atoms with E-state index in [9.17, 15) is 9.59 Å². The first kappa shape index (κ1) is 15.4. The average Bonchev–Trinajstić information content (AvgIpc) is 2.23. The van der Waals surface area contributed by atoms with Gasteiger partial charge in [-0.2, -0.15) is 5.26 Å². The third-order valence-electron chi connectivity index (χ3n) is 2.32. The van der Waals surface area contributed by atoms with Crippen molar-refractivity contribution in [3.8, 4) is 6.07 Å². The summed E-state index contributed by atoms with van der Waals surface area (Å²) in [6.45, 7) is 5.62. The van der Waals surface area contributed by atoms with Crippen molar-refractivity contribution in [2.24, 2.45) is 17.6 Å². The molecule has 0 saturated heterocycles. The molecule has 0 aliphatic heterocycles. The van der Waals surface area contributed by atoms with Gasteiger partial charge in [0.2, 0.25) is 11.8 Å². The van der Waals surface area contributed by atoms with E-state index in [0.717, 1.165) is 0 Å². The van der Waals surface area contributed by atoms with Crippen molar-refractivity contribution in [3.05, 3.63) is 6.42 Å². The highest BCUT2D eigenvalue weighted by atomic mass is 16.2. The summed E-state index contributed by atoms with van der Waals surface area (Å²) in [5.41, 5.74) is 5.07. The van der Waals surface area contributed by atoms with Gasteiger partial charge in [-0.05, 0) is 18.8 Å². The number of amides is 2. The fourth-order valence-electron chi connectivity index (χ4n) is 1.25. The summed E-state index contributed by atoms with van der Waals surface area (Å²) >= 11 is 0. The number of rotatable bonds is 7. The first-order chi connectivity index (χ1) is 7.86. The van der Waals surface area contributed by atoms with Gasteiger partial charge >= 0.3 is 0 Å². The van der Waals surface area contributed by atoms with E-state index in [1.165, 1.54) is 6.42 Å². The van der Waals surface area contributed by atoms with Crippen molar-refractivity contribution in [1.82, 2.24) is 5.32 Å². The predicted molar refractivity (Wildman–Crippen MR) is 64.3 cm³/mol. The minimum atomic E-state index is -0.484. The quantitative estimate of drug-likeness (QED) is 0.685. The molecular weight excluding hydrogens is 218 g/mol. The summed E-state index contributed by atoms with van der Waals surface area (Å²) in [6, 6.07) is 1.55. The van der Waals surface area contributed by atoms with E-state index in [2.05, 4.69) is 5.32 Å². The average molecular weight is 238 g/mol. The molecule has 0 bridgehead atoms. The molecule has 0 saturated carbocycles. The van der Waals surface area contributed by atoms with Crippen LogP contribution in [0.3, 0.4) is 0 Å². The van der Waals surface area contributed by atoms with Crippen molar-refractivity contribution in [2.75, 3.05) is 0 Å². The highest BCUT2D eigenvalue weighted by Crippen LogP contribution is 2.06. The predicted octanol–water partition coefficient (Wildman–Crippen LogP) is 0.757. The van der Waals surface area contributed by atoms with Gasteiger partial charge in [0.25, 0.3) is 0 Å². The number of nitrogens with one attached hydrogen (secondary N) is 1. The second kappa shape index (κ2) is 7.66. The number of hydrogen-bond acceptors (Lipinski definition) is 3. The standard InChI is InChI=1S/C12H20N3O2/c1-8(2)6-10(7-13)15-11(16)5-4-9(3)12(14)17/h5,8-10H,4,6H2,1-3H3,(H2,14,17)(H,15,16). The van der Waals surface area contributed by atoms with Gasteiger partial charge in [0.1, 0.15) is 6.04 Å². The zero-order valence-electron chi connectivity index (χ0n) is 10.6. The van der Waals surface area contributed by atoms with E-state index in [-0.39, 0.29) is 11.8 Å². The number of carbonyl (C=O) groups excluding carboxylic acids is 2. The number of nitriles is 1. The van der Waals surface area contributed by atoms with Gasteiger partial charge in [-0.25, -0.2) is 0 Å². The topological polar surface area (TPSA) is 96.0 Å². The van der Waals surface area contributed by atoms with Gasteiger partial charge in [-0.1, -0.05) is 20.8 Å². The Balaban J connectivity index is 4.00. The summed E-state index contributed by atoms with van der Waals surface area (Å²) in [5.74, 6) is -0.797. The van der Waals surface area contributed by atoms with Crippen molar-refractivity contribution in [1.29, 1.82) is 5.26 Å². The Bertz CT molecular complexity index is 307.